The predicted molar refractivity (Wildman–Crippen MR) is 84.0 cm³/mol. The number of nitro groups is 1. The highest BCUT2D eigenvalue weighted by Crippen LogP contribution is 2.56. The first-order valence-corrected chi connectivity index (χ1v) is 8.49. The molecular formula is C17H19F3N2O3. The van der Waals surface area contributed by atoms with Crippen LogP contribution in [0.4, 0.5) is 24.5 Å². The fraction of sp³-hybridized carbons (Fsp3) is 0.647. The molecule has 4 saturated carbocycles. The van der Waals surface area contributed by atoms with Crippen molar-refractivity contribution in [3.05, 3.63) is 33.9 Å². The molecule has 4 bridgehead atoms. The molecule has 25 heavy (non-hydrogen) atoms. The van der Waals surface area contributed by atoms with Crippen LogP contribution in [0.25, 0.3) is 0 Å². The van der Waals surface area contributed by atoms with Crippen LogP contribution in [0.15, 0.2) is 18.2 Å². The summed E-state index contributed by atoms with van der Waals surface area (Å²) in [6, 6.07) is 2.58. The van der Waals surface area contributed by atoms with Crippen LogP contribution in [0, 0.1) is 27.9 Å². The summed E-state index contributed by atoms with van der Waals surface area (Å²) >= 11 is 0. The van der Waals surface area contributed by atoms with E-state index in [0.717, 1.165) is 31.4 Å². The Balaban J connectivity index is 1.62. The Morgan fingerprint density at radius 2 is 1.84 bits per heavy atom. The number of benzene rings is 1. The number of nitro benzene ring substituents is 1. The fourth-order valence-electron chi connectivity index (χ4n) is 5.38. The van der Waals surface area contributed by atoms with Crippen molar-refractivity contribution in [2.24, 2.45) is 17.8 Å². The van der Waals surface area contributed by atoms with E-state index < -0.39 is 28.0 Å². The molecule has 2 atom stereocenters. The van der Waals surface area contributed by atoms with E-state index in [4.69, 9.17) is 0 Å². The summed E-state index contributed by atoms with van der Waals surface area (Å²) in [7, 11) is 0. The second kappa shape index (κ2) is 5.33. The van der Waals surface area contributed by atoms with E-state index in [1.54, 1.807) is 0 Å². The maximum absolute atomic E-state index is 12.8. The number of anilines is 1. The van der Waals surface area contributed by atoms with Gasteiger partial charge in [-0.1, -0.05) is 0 Å². The van der Waals surface area contributed by atoms with Crippen molar-refractivity contribution >= 4 is 11.4 Å². The van der Waals surface area contributed by atoms with Crippen molar-refractivity contribution in [3.63, 3.8) is 0 Å². The van der Waals surface area contributed by atoms with Gasteiger partial charge in [0.15, 0.2) is 0 Å². The number of alkyl halides is 3. The van der Waals surface area contributed by atoms with Crippen LogP contribution in [-0.2, 0) is 6.18 Å². The molecule has 5 rings (SSSR count). The zero-order valence-corrected chi connectivity index (χ0v) is 13.4. The number of halogens is 3. The number of hydrogen-bond acceptors (Lipinski definition) is 4. The summed E-state index contributed by atoms with van der Waals surface area (Å²) in [6.45, 7) is 0. The zero-order chi connectivity index (χ0) is 18.0. The van der Waals surface area contributed by atoms with Crippen LogP contribution in [0.1, 0.15) is 37.7 Å². The number of nitrogens with one attached hydrogen (secondary N) is 1. The second-order valence-electron chi connectivity index (χ2n) is 7.85. The van der Waals surface area contributed by atoms with Gasteiger partial charge in [0.25, 0.3) is 5.69 Å². The number of nitrogens with zero attached hydrogens (tertiary/aromatic N) is 1. The van der Waals surface area contributed by atoms with E-state index in [0.29, 0.717) is 24.8 Å². The van der Waals surface area contributed by atoms with Crippen molar-refractivity contribution in [1.29, 1.82) is 0 Å². The molecule has 2 N–H and O–H groups in total. The first-order valence-electron chi connectivity index (χ1n) is 8.49. The van der Waals surface area contributed by atoms with Crippen molar-refractivity contribution in [2.45, 2.75) is 49.9 Å². The highest BCUT2D eigenvalue weighted by Gasteiger charge is 2.54. The Morgan fingerprint density at radius 3 is 2.36 bits per heavy atom. The maximum Gasteiger partial charge on any atom is 0.416 e. The third-order valence-electron chi connectivity index (χ3n) is 6.08. The van der Waals surface area contributed by atoms with E-state index in [-0.39, 0.29) is 23.6 Å². The predicted octanol–water partition coefficient (Wildman–Crippen LogP) is 3.97. The van der Waals surface area contributed by atoms with Crippen LogP contribution < -0.4 is 5.32 Å². The van der Waals surface area contributed by atoms with E-state index >= 15 is 0 Å². The van der Waals surface area contributed by atoms with Gasteiger partial charge in [-0.25, -0.2) is 0 Å². The number of rotatable bonds is 3. The third kappa shape index (κ3) is 2.86. The first-order chi connectivity index (χ1) is 11.6. The SMILES string of the molecule is O=[N+]([O-])c1cc(C(F)(F)F)ccc1NC1[C@@H]2CC3C[C@@H]1CC(O)(C3)C2. The van der Waals surface area contributed by atoms with Gasteiger partial charge in [-0.3, -0.25) is 10.1 Å². The van der Waals surface area contributed by atoms with Crippen molar-refractivity contribution in [1.82, 2.24) is 0 Å². The molecule has 4 fully saturated rings. The van der Waals surface area contributed by atoms with Gasteiger partial charge in [-0.05, 0) is 62.0 Å². The third-order valence-corrected chi connectivity index (χ3v) is 6.08. The minimum atomic E-state index is -4.62. The average Bonchev–Trinajstić information content (AvgIpc) is 2.48. The molecule has 4 aliphatic carbocycles. The first kappa shape index (κ1) is 16.6. The largest absolute Gasteiger partial charge is 0.416 e. The number of hydrogen-bond donors (Lipinski definition) is 2. The van der Waals surface area contributed by atoms with Gasteiger partial charge in [0.2, 0.25) is 0 Å². The van der Waals surface area contributed by atoms with E-state index in [2.05, 4.69) is 5.32 Å². The highest BCUT2D eigenvalue weighted by atomic mass is 19.4. The molecule has 5 nitrogen and oxygen atoms in total. The summed E-state index contributed by atoms with van der Waals surface area (Å²) in [5.74, 6) is 0.902. The van der Waals surface area contributed by atoms with Gasteiger partial charge < -0.3 is 10.4 Å². The molecule has 8 heteroatoms. The summed E-state index contributed by atoms with van der Waals surface area (Å²) in [4.78, 5) is 10.5. The lowest BCUT2D eigenvalue weighted by molar-refractivity contribution is -0.384. The molecule has 0 heterocycles. The molecular weight excluding hydrogens is 337 g/mol. The minimum absolute atomic E-state index is 0.0349. The van der Waals surface area contributed by atoms with E-state index in [1.165, 1.54) is 0 Å². The van der Waals surface area contributed by atoms with Crippen LogP contribution in [-0.4, -0.2) is 21.7 Å². The molecule has 1 aromatic carbocycles. The van der Waals surface area contributed by atoms with Gasteiger partial charge in [0.05, 0.1) is 16.1 Å². The van der Waals surface area contributed by atoms with Crippen molar-refractivity contribution < 1.29 is 23.2 Å². The zero-order valence-electron chi connectivity index (χ0n) is 13.4. The molecule has 4 aliphatic rings. The molecule has 0 unspecified atom stereocenters. The smallest absolute Gasteiger partial charge is 0.390 e. The van der Waals surface area contributed by atoms with Crippen LogP contribution in [0.2, 0.25) is 0 Å². The van der Waals surface area contributed by atoms with Crippen molar-refractivity contribution in [2.75, 3.05) is 5.32 Å². The van der Waals surface area contributed by atoms with Crippen LogP contribution >= 0.6 is 0 Å². The normalized spacial score (nSPS) is 36.5. The number of aliphatic hydroxyl groups is 1. The minimum Gasteiger partial charge on any atom is -0.390 e. The quantitative estimate of drug-likeness (QED) is 0.635. The Labute approximate surface area is 142 Å². The monoisotopic (exact) mass is 356 g/mol. The van der Waals surface area contributed by atoms with Crippen LogP contribution in [0.5, 0.6) is 0 Å². The van der Waals surface area contributed by atoms with Gasteiger partial charge in [0.1, 0.15) is 5.69 Å². The molecule has 0 amide bonds. The Bertz CT molecular complexity index is 706. The summed E-state index contributed by atoms with van der Waals surface area (Å²) < 4.78 is 38.5. The molecule has 136 valence electrons. The highest BCUT2D eigenvalue weighted by molar-refractivity contribution is 5.63. The van der Waals surface area contributed by atoms with Gasteiger partial charge >= 0.3 is 6.18 Å². The van der Waals surface area contributed by atoms with Gasteiger partial charge in [0, 0.05) is 12.1 Å². The van der Waals surface area contributed by atoms with E-state index in [1.807, 2.05) is 0 Å². The van der Waals surface area contributed by atoms with Crippen LogP contribution in [0.3, 0.4) is 0 Å². The standard InChI is InChI=1S/C17H19F3N2O3/c18-17(19,20)12-1-2-13(14(5-12)22(24)25)21-15-10-3-9-4-11(15)8-16(23,6-9)7-10/h1-2,5,9-11,15,21,23H,3-4,6-8H2/t9?,10-,11-,15?,16?/m1/s1. The lowest BCUT2D eigenvalue weighted by Gasteiger charge is -2.58. The molecule has 0 aliphatic heterocycles. The van der Waals surface area contributed by atoms with Gasteiger partial charge in [-0.15, -0.1) is 0 Å². The Kier molecular flexibility index (Phi) is 3.55. The average molecular weight is 356 g/mol. The summed E-state index contributed by atoms with van der Waals surface area (Å²) in [5, 5.41) is 25.0. The summed E-state index contributed by atoms with van der Waals surface area (Å²) in [5.41, 5.74) is -2.07. The Hall–Kier alpha value is -1.83. The molecule has 0 radical (unpaired) electrons. The Morgan fingerprint density at radius 1 is 1.20 bits per heavy atom. The van der Waals surface area contributed by atoms with Crippen molar-refractivity contribution in [3.8, 4) is 0 Å². The maximum atomic E-state index is 12.8. The second-order valence-corrected chi connectivity index (χ2v) is 7.85. The molecule has 0 saturated heterocycles. The fourth-order valence-corrected chi connectivity index (χ4v) is 5.38. The lowest BCUT2D eigenvalue weighted by atomic mass is 9.52. The summed E-state index contributed by atoms with van der Waals surface area (Å²) in [6.07, 6.45) is -0.545. The molecule has 0 aromatic heterocycles. The lowest BCUT2D eigenvalue weighted by Crippen LogP contribution is -2.58. The van der Waals surface area contributed by atoms with Gasteiger partial charge in [-0.2, -0.15) is 13.2 Å². The van der Waals surface area contributed by atoms with E-state index in [9.17, 15) is 28.4 Å². The topological polar surface area (TPSA) is 75.4 Å². The molecule has 1 aromatic rings. The molecule has 0 spiro atoms.